The number of amides is 1. The lowest BCUT2D eigenvalue weighted by atomic mass is 10.1. The van der Waals surface area contributed by atoms with Crippen molar-refractivity contribution in [2.24, 2.45) is 5.73 Å². The standard InChI is InChI=1S/C9H10ClNOS/c1-5-3-4-6(9(11)12)8(13-2)7(5)10/h3-4H,1-2H3,(H2,11,12). The fourth-order valence-electron chi connectivity index (χ4n) is 1.05. The van der Waals surface area contributed by atoms with E-state index in [1.807, 2.05) is 13.2 Å². The van der Waals surface area contributed by atoms with E-state index in [2.05, 4.69) is 0 Å². The zero-order valence-corrected chi connectivity index (χ0v) is 9.00. The monoisotopic (exact) mass is 215 g/mol. The Bertz CT molecular complexity index is 352. The molecule has 0 saturated heterocycles. The van der Waals surface area contributed by atoms with Crippen LogP contribution in [-0.4, -0.2) is 12.2 Å². The Hall–Kier alpha value is -0.670. The molecule has 0 aromatic heterocycles. The number of primary amides is 1. The predicted octanol–water partition coefficient (Wildman–Crippen LogP) is 2.47. The molecule has 0 unspecified atom stereocenters. The third-order valence-corrected chi connectivity index (χ3v) is 3.19. The molecule has 0 fully saturated rings. The summed E-state index contributed by atoms with van der Waals surface area (Å²) >= 11 is 7.45. The lowest BCUT2D eigenvalue weighted by Crippen LogP contribution is -2.12. The summed E-state index contributed by atoms with van der Waals surface area (Å²) in [6.07, 6.45) is 1.87. The number of nitrogens with two attached hydrogens (primary N) is 1. The van der Waals surface area contributed by atoms with E-state index in [-0.39, 0.29) is 0 Å². The molecule has 13 heavy (non-hydrogen) atoms. The summed E-state index contributed by atoms with van der Waals surface area (Å²) in [6, 6.07) is 3.50. The first-order valence-electron chi connectivity index (χ1n) is 3.70. The van der Waals surface area contributed by atoms with E-state index in [1.54, 1.807) is 12.1 Å². The van der Waals surface area contributed by atoms with Crippen molar-refractivity contribution in [1.29, 1.82) is 0 Å². The van der Waals surface area contributed by atoms with Crippen LogP contribution in [0.25, 0.3) is 0 Å². The number of hydrogen-bond donors (Lipinski definition) is 1. The molecule has 0 bridgehead atoms. The van der Waals surface area contributed by atoms with Gasteiger partial charge in [0.25, 0.3) is 0 Å². The minimum absolute atomic E-state index is 0.439. The Morgan fingerprint density at radius 2 is 2.15 bits per heavy atom. The van der Waals surface area contributed by atoms with Crippen molar-refractivity contribution in [3.8, 4) is 0 Å². The molecule has 0 spiro atoms. The van der Waals surface area contributed by atoms with E-state index < -0.39 is 5.91 Å². The Labute approximate surface area is 86.5 Å². The van der Waals surface area contributed by atoms with Gasteiger partial charge in [0.15, 0.2) is 0 Å². The smallest absolute Gasteiger partial charge is 0.249 e. The van der Waals surface area contributed by atoms with E-state index in [4.69, 9.17) is 17.3 Å². The maximum atomic E-state index is 11.0. The lowest BCUT2D eigenvalue weighted by Gasteiger charge is -2.07. The maximum absolute atomic E-state index is 11.0. The van der Waals surface area contributed by atoms with Crippen LogP contribution in [0.3, 0.4) is 0 Å². The van der Waals surface area contributed by atoms with Crippen LogP contribution in [0.4, 0.5) is 0 Å². The average molecular weight is 216 g/mol. The van der Waals surface area contributed by atoms with Crippen LogP contribution >= 0.6 is 23.4 Å². The van der Waals surface area contributed by atoms with Gasteiger partial charge in [-0.05, 0) is 24.8 Å². The van der Waals surface area contributed by atoms with E-state index in [0.717, 1.165) is 10.5 Å². The summed E-state index contributed by atoms with van der Waals surface area (Å²) in [5.74, 6) is -0.439. The summed E-state index contributed by atoms with van der Waals surface area (Å²) in [7, 11) is 0. The molecular weight excluding hydrogens is 206 g/mol. The maximum Gasteiger partial charge on any atom is 0.249 e. The molecule has 0 atom stereocenters. The van der Waals surface area contributed by atoms with Crippen molar-refractivity contribution < 1.29 is 4.79 Å². The van der Waals surface area contributed by atoms with Gasteiger partial charge in [0.05, 0.1) is 10.6 Å². The fourth-order valence-corrected chi connectivity index (χ4v) is 2.17. The summed E-state index contributed by atoms with van der Waals surface area (Å²) in [4.78, 5) is 11.8. The van der Waals surface area contributed by atoms with Gasteiger partial charge in [-0.3, -0.25) is 4.79 Å². The summed E-state index contributed by atoms with van der Waals surface area (Å²) in [6.45, 7) is 1.90. The highest BCUT2D eigenvalue weighted by Gasteiger charge is 2.12. The second kappa shape index (κ2) is 4.03. The van der Waals surface area contributed by atoms with Crippen LogP contribution in [0.2, 0.25) is 5.02 Å². The molecule has 0 aliphatic rings. The van der Waals surface area contributed by atoms with Crippen molar-refractivity contribution in [3.63, 3.8) is 0 Å². The number of halogens is 1. The molecule has 1 aromatic rings. The second-order valence-electron chi connectivity index (χ2n) is 2.64. The van der Waals surface area contributed by atoms with E-state index in [9.17, 15) is 4.79 Å². The number of rotatable bonds is 2. The molecular formula is C9H10ClNOS. The first kappa shape index (κ1) is 10.4. The SMILES string of the molecule is CSc1c(C(N)=O)ccc(C)c1Cl. The van der Waals surface area contributed by atoms with Gasteiger partial charge in [-0.25, -0.2) is 0 Å². The third kappa shape index (κ3) is 1.98. The van der Waals surface area contributed by atoms with Gasteiger partial charge in [0, 0.05) is 4.90 Å². The highest BCUT2D eigenvalue weighted by Crippen LogP contribution is 2.31. The lowest BCUT2D eigenvalue weighted by molar-refractivity contribution is 0.0997. The highest BCUT2D eigenvalue weighted by molar-refractivity contribution is 7.98. The summed E-state index contributed by atoms with van der Waals surface area (Å²) in [5, 5.41) is 0.615. The molecule has 0 aliphatic carbocycles. The van der Waals surface area contributed by atoms with Gasteiger partial charge >= 0.3 is 0 Å². The zero-order valence-electron chi connectivity index (χ0n) is 7.43. The van der Waals surface area contributed by atoms with E-state index in [0.29, 0.717) is 10.6 Å². The number of thioether (sulfide) groups is 1. The largest absolute Gasteiger partial charge is 0.366 e. The number of carbonyl (C=O) groups excluding carboxylic acids is 1. The molecule has 2 N–H and O–H groups in total. The van der Waals surface area contributed by atoms with Crippen LogP contribution in [0, 0.1) is 6.92 Å². The van der Waals surface area contributed by atoms with Crippen molar-refractivity contribution in [1.82, 2.24) is 0 Å². The molecule has 0 heterocycles. The van der Waals surface area contributed by atoms with Gasteiger partial charge in [0.2, 0.25) is 5.91 Å². The van der Waals surface area contributed by atoms with Crippen LogP contribution in [-0.2, 0) is 0 Å². The van der Waals surface area contributed by atoms with Crippen LogP contribution in [0.5, 0.6) is 0 Å². The summed E-state index contributed by atoms with van der Waals surface area (Å²) in [5.41, 5.74) is 6.64. The zero-order chi connectivity index (χ0) is 10.0. The van der Waals surface area contributed by atoms with Gasteiger partial charge < -0.3 is 5.73 Å². The first-order chi connectivity index (χ1) is 6.07. The molecule has 70 valence electrons. The molecule has 1 amide bonds. The molecule has 0 radical (unpaired) electrons. The molecule has 4 heteroatoms. The van der Waals surface area contributed by atoms with E-state index in [1.165, 1.54) is 11.8 Å². The molecule has 1 rings (SSSR count). The van der Waals surface area contributed by atoms with Crippen LogP contribution < -0.4 is 5.73 Å². The van der Waals surface area contributed by atoms with Crippen molar-refractivity contribution in [2.75, 3.05) is 6.26 Å². The molecule has 0 aliphatic heterocycles. The summed E-state index contributed by atoms with van der Waals surface area (Å²) < 4.78 is 0. The Morgan fingerprint density at radius 1 is 1.54 bits per heavy atom. The Kier molecular flexibility index (Phi) is 3.22. The third-order valence-electron chi connectivity index (χ3n) is 1.76. The predicted molar refractivity (Wildman–Crippen MR) is 56.5 cm³/mol. The number of carbonyl (C=O) groups is 1. The Balaban J connectivity index is 3.38. The second-order valence-corrected chi connectivity index (χ2v) is 3.84. The minimum atomic E-state index is -0.439. The number of aryl methyl sites for hydroxylation is 1. The highest BCUT2D eigenvalue weighted by atomic mass is 35.5. The van der Waals surface area contributed by atoms with E-state index >= 15 is 0 Å². The van der Waals surface area contributed by atoms with Gasteiger partial charge in [-0.1, -0.05) is 17.7 Å². The average Bonchev–Trinajstić information content (AvgIpc) is 2.09. The quantitative estimate of drug-likeness (QED) is 0.771. The first-order valence-corrected chi connectivity index (χ1v) is 5.31. The normalized spacial score (nSPS) is 10.1. The van der Waals surface area contributed by atoms with Crippen LogP contribution in [0.15, 0.2) is 17.0 Å². The number of benzene rings is 1. The van der Waals surface area contributed by atoms with Crippen molar-refractivity contribution in [2.45, 2.75) is 11.8 Å². The number of hydrogen-bond acceptors (Lipinski definition) is 2. The van der Waals surface area contributed by atoms with Crippen molar-refractivity contribution >= 4 is 29.3 Å². The van der Waals surface area contributed by atoms with Crippen molar-refractivity contribution in [3.05, 3.63) is 28.3 Å². The fraction of sp³-hybridized carbons (Fsp3) is 0.222. The minimum Gasteiger partial charge on any atom is -0.366 e. The molecule has 2 nitrogen and oxygen atoms in total. The van der Waals surface area contributed by atoms with Gasteiger partial charge in [-0.15, -0.1) is 11.8 Å². The van der Waals surface area contributed by atoms with Gasteiger partial charge in [0.1, 0.15) is 0 Å². The molecule has 1 aromatic carbocycles. The Morgan fingerprint density at radius 3 is 2.62 bits per heavy atom. The topological polar surface area (TPSA) is 43.1 Å². The van der Waals surface area contributed by atoms with Gasteiger partial charge in [-0.2, -0.15) is 0 Å². The molecule has 0 saturated carbocycles. The van der Waals surface area contributed by atoms with Crippen LogP contribution in [0.1, 0.15) is 15.9 Å².